The zero-order chi connectivity index (χ0) is 15.8. The number of benzene rings is 2. The molecule has 112 valence electrons. The highest BCUT2D eigenvalue weighted by atomic mass is 35.5. The van der Waals surface area contributed by atoms with E-state index in [-0.39, 0.29) is 26.3 Å². The summed E-state index contributed by atoms with van der Waals surface area (Å²) in [6, 6.07) is 7.45. The lowest BCUT2D eigenvalue weighted by molar-refractivity contribution is 0.601. The Kier molecular flexibility index (Phi) is 4.58. The molecule has 0 heterocycles. The smallest absolute Gasteiger partial charge is 0.265 e. The maximum absolute atomic E-state index is 12.4. The third-order valence-electron chi connectivity index (χ3n) is 2.76. The van der Waals surface area contributed by atoms with Gasteiger partial charge < -0.3 is 5.73 Å². The molecule has 0 saturated carbocycles. The lowest BCUT2D eigenvalue weighted by Gasteiger charge is -2.13. The van der Waals surface area contributed by atoms with Crippen molar-refractivity contribution < 1.29 is 8.42 Å². The maximum atomic E-state index is 12.4. The first-order valence-corrected chi connectivity index (χ1v) is 8.36. The van der Waals surface area contributed by atoms with Crippen LogP contribution in [0.5, 0.6) is 0 Å². The summed E-state index contributed by atoms with van der Waals surface area (Å²) in [6.07, 6.45) is 0. The summed E-state index contributed by atoms with van der Waals surface area (Å²) in [5, 5.41) is 0.646. The Morgan fingerprint density at radius 1 is 1.05 bits per heavy atom. The Balaban J connectivity index is 2.50. The van der Waals surface area contributed by atoms with Crippen LogP contribution in [-0.2, 0) is 10.0 Å². The van der Waals surface area contributed by atoms with Crippen LogP contribution in [0, 0.1) is 6.92 Å². The van der Waals surface area contributed by atoms with Crippen LogP contribution >= 0.6 is 34.8 Å². The van der Waals surface area contributed by atoms with Crippen LogP contribution in [0.25, 0.3) is 0 Å². The number of halogens is 3. The topological polar surface area (TPSA) is 72.2 Å². The molecule has 8 heteroatoms. The Morgan fingerprint density at radius 2 is 1.71 bits per heavy atom. The predicted molar refractivity (Wildman–Crippen MR) is 87.9 cm³/mol. The molecule has 0 aliphatic carbocycles. The molecule has 0 radical (unpaired) electrons. The molecule has 0 atom stereocenters. The second-order valence-electron chi connectivity index (χ2n) is 4.34. The third-order valence-corrected chi connectivity index (χ3v) is 5.39. The van der Waals surface area contributed by atoms with E-state index in [1.54, 1.807) is 19.1 Å². The largest absolute Gasteiger partial charge is 0.398 e. The van der Waals surface area contributed by atoms with E-state index in [9.17, 15) is 8.42 Å². The number of anilines is 2. The molecule has 2 aromatic carbocycles. The molecule has 0 unspecified atom stereocenters. The lowest BCUT2D eigenvalue weighted by atomic mass is 10.2. The standard InChI is InChI=1S/C13H11Cl3N2O2S/c1-7-5-10(16)12(6-9(7)15)18-21(19,20)13-8(14)3-2-4-11(13)17/h2-6,18H,17H2,1H3. The number of hydrogen-bond donors (Lipinski definition) is 2. The third kappa shape index (κ3) is 3.37. The van der Waals surface area contributed by atoms with Crippen molar-refractivity contribution in [3.63, 3.8) is 0 Å². The number of sulfonamides is 1. The molecular formula is C13H11Cl3N2O2S. The normalized spacial score (nSPS) is 11.4. The molecule has 0 aliphatic rings. The van der Waals surface area contributed by atoms with Gasteiger partial charge in [-0.25, -0.2) is 8.42 Å². The molecule has 0 aromatic heterocycles. The first kappa shape index (κ1) is 16.2. The van der Waals surface area contributed by atoms with E-state index >= 15 is 0 Å². The Hall–Kier alpha value is -1.14. The van der Waals surface area contributed by atoms with E-state index in [4.69, 9.17) is 40.5 Å². The average molecular weight is 366 g/mol. The van der Waals surface area contributed by atoms with Gasteiger partial charge in [0.1, 0.15) is 4.90 Å². The fourth-order valence-corrected chi connectivity index (χ4v) is 3.96. The summed E-state index contributed by atoms with van der Waals surface area (Å²) >= 11 is 17.9. The number of nitrogens with one attached hydrogen (secondary N) is 1. The second kappa shape index (κ2) is 5.93. The van der Waals surface area contributed by atoms with Crippen molar-refractivity contribution in [1.82, 2.24) is 0 Å². The van der Waals surface area contributed by atoms with E-state index in [0.29, 0.717) is 5.02 Å². The number of aryl methyl sites for hydroxylation is 1. The summed E-state index contributed by atoms with van der Waals surface area (Å²) < 4.78 is 27.2. The summed E-state index contributed by atoms with van der Waals surface area (Å²) in [4.78, 5) is -0.195. The highest BCUT2D eigenvalue weighted by Gasteiger charge is 2.22. The van der Waals surface area contributed by atoms with Crippen LogP contribution in [-0.4, -0.2) is 8.42 Å². The predicted octanol–water partition coefficient (Wildman–Crippen LogP) is 4.34. The van der Waals surface area contributed by atoms with Gasteiger partial charge in [0, 0.05) is 5.02 Å². The van der Waals surface area contributed by atoms with Crippen LogP contribution in [0.2, 0.25) is 15.1 Å². The van der Waals surface area contributed by atoms with E-state index in [0.717, 1.165) is 5.56 Å². The van der Waals surface area contributed by atoms with Crippen molar-refractivity contribution in [3.8, 4) is 0 Å². The van der Waals surface area contributed by atoms with Crippen molar-refractivity contribution in [1.29, 1.82) is 0 Å². The maximum Gasteiger partial charge on any atom is 0.265 e. The van der Waals surface area contributed by atoms with Crippen LogP contribution in [0.1, 0.15) is 5.56 Å². The quantitative estimate of drug-likeness (QED) is 0.795. The van der Waals surface area contributed by atoms with Crippen molar-refractivity contribution in [3.05, 3.63) is 51.0 Å². The van der Waals surface area contributed by atoms with Crippen LogP contribution in [0.4, 0.5) is 11.4 Å². The second-order valence-corrected chi connectivity index (χ2v) is 7.19. The van der Waals surface area contributed by atoms with Gasteiger partial charge >= 0.3 is 0 Å². The first-order valence-electron chi connectivity index (χ1n) is 5.75. The molecule has 0 fully saturated rings. The van der Waals surface area contributed by atoms with Crippen molar-refractivity contribution >= 4 is 56.2 Å². The summed E-state index contributed by atoms with van der Waals surface area (Å²) in [5.74, 6) is 0. The molecule has 0 aliphatic heterocycles. The van der Waals surface area contributed by atoms with Crippen LogP contribution in [0.3, 0.4) is 0 Å². The van der Waals surface area contributed by atoms with E-state index in [1.807, 2.05) is 0 Å². The van der Waals surface area contributed by atoms with Gasteiger partial charge in [0.05, 0.1) is 21.4 Å². The summed E-state index contributed by atoms with van der Waals surface area (Å²) in [5.41, 5.74) is 6.63. The minimum absolute atomic E-state index is 0.0248. The van der Waals surface area contributed by atoms with Gasteiger partial charge in [-0.2, -0.15) is 0 Å². The van der Waals surface area contributed by atoms with Gasteiger partial charge in [-0.3, -0.25) is 4.72 Å². The molecule has 3 N–H and O–H groups in total. The van der Waals surface area contributed by atoms with E-state index in [2.05, 4.69) is 4.72 Å². The molecule has 2 rings (SSSR count). The van der Waals surface area contributed by atoms with Crippen molar-refractivity contribution in [2.75, 3.05) is 10.5 Å². The van der Waals surface area contributed by atoms with Crippen LogP contribution in [0.15, 0.2) is 35.2 Å². The van der Waals surface area contributed by atoms with Crippen LogP contribution < -0.4 is 10.5 Å². The molecule has 0 spiro atoms. The Morgan fingerprint density at radius 3 is 2.33 bits per heavy atom. The number of nitrogen functional groups attached to an aromatic ring is 1. The summed E-state index contributed by atoms with van der Waals surface area (Å²) in [7, 11) is -3.98. The monoisotopic (exact) mass is 364 g/mol. The molecular weight excluding hydrogens is 355 g/mol. The SMILES string of the molecule is Cc1cc(Cl)c(NS(=O)(=O)c2c(N)cccc2Cl)cc1Cl. The van der Waals surface area contributed by atoms with Gasteiger partial charge in [0.25, 0.3) is 10.0 Å². The average Bonchev–Trinajstić information content (AvgIpc) is 2.35. The highest BCUT2D eigenvalue weighted by molar-refractivity contribution is 7.93. The van der Waals surface area contributed by atoms with Gasteiger partial charge in [-0.1, -0.05) is 40.9 Å². The van der Waals surface area contributed by atoms with Gasteiger partial charge in [0.15, 0.2) is 0 Å². The first-order chi connectivity index (χ1) is 9.72. The summed E-state index contributed by atoms with van der Waals surface area (Å²) in [6.45, 7) is 1.76. The molecule has 0 saturated heterocycles. The van der Waals surface area contributed by atoms with E-state index in [1.165, 1.54) is 18.2 Å². The molecule has 0 bridgehead atoms. The van der Waals surface area contributed by atoms with Gasteiger partial charge in [-0.05, 0) is 36.8 Å². The van der Waals surface area contributed by atoms with Crippen molar-refractivity contribution in [2.45, 2.75) is 11.8 Å². The molecule has 21 heavy (non-hydrogen) atoms. The van der Waals surface area contributed by atoms with E-state index < -0.39 is 10.0 Å². The zero-order valence-corrected chi connectivity index (χ0v) is 13.9. The molecule has 2 aromatic rings. The van der Waals surface area contributed by atoms with Crippen molar-refractivity contribution in [2.24, 2.45) is 0 Å². The number of hydrogen-bond acceptors (Lipinski definition) is 3. The number of nitrogens with two attached hydrogens (primary N) is 1. The minimum atomic E-state index is -3.98. The molecule has 4 nitrogen and oxygen atoms in total. The fourth-order valence-electron chi connectivity index (χ4n) is 1.73. The Labute approximate surface area is 137 Å². The van der Waals surface area contributed by atoms with Gasteiger partial charge in [-0.15, -0.1) is 0 Å². The molecule has 0 amide bonds. The lowest BCUT2D eigenvalue weighted by Crippen LogP contribution is -2.15. The highest BCUT2D eigenvalue weighted by Crippen LogP contribution is 2.33. The van der Waals surface area contributed by atoms with Gasteiger partial charge in [0.2, 0.25) is 0 Å². The minimum Gasteiger partial charge on any atom is -0.398 e. The Bertz CT molecular complexity index is 787. The number of rotatable bonds is 3. The fraction of sp³-hybridized carbons (Fsp3) is 0.0769. The zero-order valence-electron chi connectivity index (χ0n) is 10.8.